The lowest BCUT2D eigenvalue weighted by molar-refractivity contribution is -0.384. The van der Waals surface area contributed by atoms with E-state index in [1.165, 1.54) is 12.1 Å². The van der Waals surface area contributed by atoms with E-state index in [0.717, 1.165) is 5.69 Å². The molecule has 0 saturated heterocycles. The van der Waals surface area contributed by atoms with Crippen LogP contribution in [-0.4, -0.2) is 23.6 Å². The molecule has 2 aliphatic heterocycles. The third-order valence-electron chi connectivity index (χ3n) is 4.49. The van der Waals surface area contributed by atoms with Crippen LogP contribution in [0.15, 0.2) is 70.9 Å². The number of hydrogen-bond donors (Lipinski definition) is 0. The fraction of sp³-hybridized carbons (Fsp3) is 0.211. The highest BCUT2D eigenvalue weighted by molar-refractivity contribution is 7.81. The maximum absolute atomic E-state index is 13.9. The topological polar surface area (TPSA) is 94.3 Å². The van der Waals surface area contributed by atoms with Gasteiger partial charge in [-0.15, -0.1) is 0 Å². The van der Waals surface area contributed by atoms with E-state index < -0.39 is 12.3 Å². The summed E-state index contributed by atoms with van der Waals surface area (Å²) in [5.41, 5.74) is 1.49. The maximum Gasteiger partial charge on any atom is 0.283 e. The summed E-state index contributed by atoms with van der Waals surface area (Å²) in [4.78, 5) is 10.5. The zero-order chi connectivity index (χ0) is 19.7. The Morgan fingerprint density at radius 2 is 1.93 bits per heavy atom. The summed E-state index contributed by atoms with van der Waals surface area (Å²) in [6.45, 7) is 2.41. The normalized spacial score (nSPS) is 21.2. The van der Waals surface area contributed by atoms with Crippen LogP contribution in [0.1, 0.15) is 18.9 Å². The summed E-state index contributed by atoms with van der Waals surface area (Å²) >= 11 is 0. The first-order valence-corrected chi connectivity index (χ1v) is 10.5. The molecular formula is C19H18N3O5P. The summed E-state index contributed by atoms with van der Waals surface area (Å²) in [5.74, 6) is 0.439. The molecule has 28 heavy (non-hydrogen) atoms. The largest absolute Gasteiger partial charge is 0.477 e. The summed E-state index contributed by atoms with van der Waals surface area (Å²) in [7, 11) is -3.45. The second kappa shape index (κ2) is 7.22. The molecule has 0 amide bonds. The SMILES string of the molecule is CCO[P@]1(=O)C(c2ccc([N+](=O)[O-])cc2)=NN(c2ccccc2)C2=C1CCO2. The van der Waals surface area contributed by atoms with Gasteiger partial charge in [-0.1, -0.05) is 18.2 Å². The van der Waals surface area contributed by atoms with Crippen LogP contribution in [0.2, 0.25) is 0 Å². The van der Waals surface area contributed by atoms with Crippen molar-refractivity contribution in [1.29, 1.82) is 0 Å². The number of ether oxygens (including phenoxy) is 1. The molecule has 8 nitrogen and oxygen atoms in total. The molecule has 144 valence electrons. The number of nitro benzene ring substituents is 1. The van der Waals surface area contributed by atoms with Crippen LogP contribution in [-0.2, 0) is 13.8 Å². The molecule has 0 bridgehead atoms. The monoisotopic (exact) mass is 399 g/mol. The Labute approximate surface area is 161 Å². The molecule has 0 aliphatic carbocycles. The third kappa shape index (κ3) is 3.00. The predicted octanol–water partition coefficient (Wildman–Crippen LogP) is 4.68. The number of rotatable bonds is 5. The average Bonchev–Trinajstić information content (AvgIpc) is 3.20. The van der Waals surface area contributed by atoms with Gasteiger partial charge < -0.3 is 9.26 Å². The van der Waals surface area contributed by atoms with E-state index in [9.17, 15) is 14.7 Å². The van der Waals surface area contributed by atoms with Crippen LogP contribution >= 0.6 is 7.37 Å². The number of hydrogen-bond acceptors (Lipinski definition) is 7. The Morgan fingerprint density at radius 3 is 2.57 bits per heavy atom. The Bertz CT molecular complexity index is 1020. The number of anilines is 1. The molecule has 0 unspecified atom stereocenters. The van der Waals surface area contributed by atoms with E-state index in [2.05, 4.69) is 5.10 Å². The third-order valence-corrected chi connectivity index (χ3v) is 7.15. The van der Waals surface area contributed by atoms with Gasteiger partial charge in [0.05, 0.1) is 29.1 Å². The van der Waals surface area contributed by atoms with E-state index in [1.54, 1.807) is 24.1 Å². The lowest BCUT2D eigenvalue weighted by Crippen LogP contribution is -2.25. The van der Waals surface area contributed by atoms with Gasteiger partial charge in [0.15, 0.2) is 5.45 Å². The lowest BCUT2D eigenvalue weighted by atomic mass is 10.2. The molecule has 2 aromatic rings. The molecule has 9 heteroatoms. The molecule has 4 rings (SSSR count). The first-order valence-electron chi connectivity index (χ1n) is 8.85. The molecule has 0 saturated carbocycles. The van der Waals surface area contributed by atoms with Gasteiger partial charge in [0.2, 0.25) is 5.88 Å². The first kappa shape index (κ1) is 18.4. The van der Waals surface area contributed by atoms with E-state index in [0.29, 0.717) is 29.8 Å². The molecule has 0 spiro atoms. The van der Waals surface area contributed by atoms with Crippen molar-refractivity contribution < 1.29 is 18.7 Å². The molecule has 2 aliphatic rings. The number of nitro groups is 1. The summed E-state index contributed by atoms with van der Waals surface area (Å²) in [6.07, 6.45) is 0.474. The predicted molar refractivity (Wildman–Crippen MR) is 105 cm³/mol. The van der Waals surface area contributed by atoms with Gasteiger partial charge in [-0.25, -0.2) is 0 Å². The van der Waals surface area contributed by atoms with Crippen molar-refractivity contribution in [3.05, 3.63) is 81.5 Å². The van der Waals surface area contributed by atoms with Gasteiger partial charge in [0.1, 0.15) is 0 Å². The smallest absolute Gasteiger partial charge is 0.283 e. The quantitative estimate of drug-likeness (QED) is 0.412. The van der Waals surface area contributed by atoms with Crippen LogP contribution in [0.4, 0.5) is 11.4 Å². The van der Waals surface area contributed by atoms with Crippen LogP contribution in [0.3, 0.4) is 0 Å². The van der Waals surface area contributed by atoms with Gasteiger partial charge in [0.25, 0.3) is 13.1 Å². The van der Waals surface area contributed by atoms with Gasteiger partial charge in [0, 0.05) is 24.1 Å². The molecule has 2 heterocycles. The van der Waals surface area contributed by atoms with Crippen LogP contribution < -0.4 is 5.01 Å². The first-order chi connectivity index (χ1) is 13.5. The second-order valence-electron chi connectivity index (χ2n) is 6.19. The molecule has 0 fully saturated rings. The Hall–Kier alpha value is -2.96. The zero-order valence-corrected chi connectivity index (χ0v) is 16.0. The van der Waals surface area contributed by atoms with Crippen LogP contribution in [0.5, 0.6) is 0 Å². The highest BCUT2D eigenvalue weighted by Crippen LogP contribution is 2.64. The standard InChI is InChI=1S/C19H18N3O5P/c1-2-27-28(25)17-12-13-26-19(17)21(15-6-4-3-5-7-15)20-18(28)14-8-10-16(11-9-14)22(23)24/h3-11H,2,12-13H2,1H3/t28-/m0/s1. The maximum atomic E-state index is 13.9. The molecule has 0 aromatic heterocycles. The number of para-hydroxylation sites is 1. The van der Waals surface area contributed by atoms with Gasteiger partial charge in [-0.2, -0.15) is 10.1 Å². The van der Waals surface area contributed by atoms with E-state index >= 15 is 0 Å². The van der Waals surface area contributed by atoms with Crippen molar-refractivity contribution in [1.82, 2.24) is 0 Å². The number of nitrogens with zero attached hydrogens (tertiary/aromatic N) is 3. The fourth-order valence-corrected chi connectivity index (χ4v) is 5.63. The number of benzene rings is 2. The minimum absolute atomic E-state index is 0.0459. The molecular weight excluding hydrogens is 381 g/mol. The molecule has 1 atom stereocenters. The van der Waals surface area contributed by atoms with Crippen molar-refractivity contribution in [2.24, 2.45) is 5.10 Å². The number of non-ortho nitro benzene ring substituents is 1. The van der Waals surface area contributed by atoms with Crippen molar-refractivity contribution in [3.8, 4) is 0 Å². The van der Waals surface area contributed by atoms with Crippen molar-refractivity contribution in [2.45, 2.75) is 13.3 Å². The highest BCUT2D eigenvalue weighted by Gasteiger charge is 2.46. The summed E-state index contributed by atoms with van der Waals surface area (Å²) in [5, 5.41) is 17.8. The summed E-state index contributed by atoms with van der Waals surface area (Å²) in [6, 6.07) is 15.2. The minimum atomic E-state index is -3.45. The van der Waals surface area contributed by atoms with E-state index in [4.69, 9.17) is 9.26 Å². The van der Waals surface area contributed by atoms with E-state index in [1.807, 2.05) is 30.3 Å². The van der Waals surface area contributed by atoms with Gasteiger partial charge >= 0.3 is 0 Å². The zero-order valence-electron chi connectivity index (χ0n) is 15.1. The molecule has 0 radical (unpaired) electrons. The highest BCUT2D eigenvalue weighted by atomic mass is 31.2. The van der Waals surface area contributed by atoms with Gasteiger partial charge in [-0.05, 0) is 31.2 Å². The molecule has 0 N–H and O–H groups in total. The van der Waals surface area contributed by atoms with Crippen LogP contribution in [0.25, 0.3) is 0 Å². The second-order valence-corrected chi connectivity index (χ2v) is 8.52. The van der Waals surface area contributed by atoms with Gasteiger partial charge in [-0.3, -0.25) is 14.7 Å². The Balaban J connectivity index is 1.87. The van der Waals surface area contributed by atoms with Crippen molar-refractivity contribution in [2.75, 3.05) is 18.2 Å². The average molecular weight is 399 g/mol. The summed E-state index contributed by atoms with van der Waals surface area (Å²) < 4.78 is 25.4. The Kier molecular flexibility index (Phi) is 4.75. The Morgan fingerprint density at radius 1 is 1.21 bits per heavy atom. The van der Waals surface area contributed by atoms with Crippen LogP contribution in [0, 0.1) is 10.1 Å². The molecule has 2 aromatic carbocycles. The minimum Gasteiger partial charge on any atom is -0.477 e. The van der Waals surface area contributed by atoms with Crippen molar-refractivity contribution >= 4 is 24.2 Å². The number of hydrazone groups is 1. The fourth-order valence-electron chi connectivity index (χ4n) is 3.24. The van der Waals surface area contributed by atoms with E-state index in [-0.39, 0.29) is 17.7 Å². The lowest BCUT2D eigenvalue weighted by Gasteiger charge is -2.30. The van der Waals surface area contributed by atoms with Crippen molar-refractivity contribution in [3.63, 3.8) is 0 Å².